The molecule has 0 unspecified atom stereocenters. The van der Waals surface area contributed by atoms with Crippen molar-refractivity contribution in [2.45, 2.75) is 12.5 Å². The van der Waals surface area contributed by atoms with Crippen LogP contribution in [0.4, 0.5) is 19.3 Å². The minimum Gasteiger partial charge on any atom is -0.480 e. The van der Waals surface area contributed by atoms with Crippen LogP contribution in [0, 0.1) is 11.6 Å². The summed E-state index contributed by atoms with van der Waals surface area (Å²) in [6.45, 7) is 1.47. The molecule has 1 aromatic carbocycles. The molecule has 0 spiro atoms. The number of nitrogens with zero attached hydrogens (tertiary/aromatic N) is 1. The van der Waals surface area contributed by atoms with Gasteiger partial charge in [0, 0.05) is 0 Å². The van der Waals surface area contributed by atoms with E-state index in [1.54, 1.807) is 6.92 Å². The molecular formula is C13H14F2N2O4. The van der Waals surface area contributed by atoms with Gasteiger partial charge in [0.2, 0.25) is 0 Å². The summed E-state index contributed by atoms with van der Waals surface area (Å²) in [6, 6.07) is 2.60. The topological polar surface area (TPSA) is 78.9 Å². The number of carboxylic acid groups (broad SMARTS) is 1. The fraction of sp³-hybridized carbons (Fsp3) is 0.385. The molecule has 0 aliphatic carbocycles. The summed E-state index contributed by atoms with van der Waals surface area (Å²) in [7, 11) is 0. The number of amides is 2. The number of benzene rings is 1. The highest BCUT2D eigenvalue weighted by Gasteiger charge is 2.43. The Kier molecular flexibility index (Phi) is 4.08. The first-order valence-corrected chi connectivity index (χ1v) is 6.16. The molecule has 114 valence electrons. The minimum atomic E-state index is -1.10. The standard InChI is InChI=1S/C13H14F2N2O4/c1-13(21-5-10(18)19)6-17(7-13)12(20)16-11-8(14)3-2-4-9(11)15/h2-4H,5-7H2,1H3,(H,16,20)(H,18,19). The van der Waals surface area contributed by atoms with E-state index >= 15 is 0 Å². The van der Waals surface area contributed by atoms with Crippen molar-refractivity contribution in [1.82, 2.24) is 4.90 Å². The van der Waals surface area contributed by atoms with Crippen LogP contribution in [0.5, 0.6) is 0 Å². The summed E-state index contributed by atoms with van der Waals surface area (Å²) in [4.78, 5) is 23.5. The molecule has 2 amide bonds. The van der Waals surface area contributed by atoms with Crippen LogP contribution in [0.25, 0.3) is 0 Å². The average molecular weight is 300 g/mol. The molecule has 1 aliphatic heterocycles. The molecule has 1 fully saturated rings. The summed E-state index contributed by atoms with van der Waals surface area (Å²) in [5, 5.41) is 10.7. The number of aliphatic carboxylic acids is 1. The van der Waals surface area contributed by atoms with Gasteiger partial charge in [-0.25, -0.2) is 18.4 Å². The van der Waals surface area contributed by atoms with Gasteiger partial charge >= 0.3 is 12.0 Å². The molecule has 0 atom stereocenters. The van der Waals surface area contributed by atoms with Crippen molar-refractivity contribution < 1.29 is 28.2 Å². The molecule has 0 radical (unpaired) electrons. The fourth-order valence-corrected chi connectivity index (χ4v) is 2.04. The third-order valence-electron chi connectivity index (χ3n) is 3.08. The van der Waals surface area contributed by atoms with Gasteiger partial charge in [0.15, 0.2) is 0 Å². The average Bonchev–Trinajstić information content (AvgIpc) is 2.37. The molecular weight excluding hydrogens is 286 g/mol. The third-order valence-corrected chi connectivity index (χ3v) is 3.08. The highest BCUT2D eigenvalue weighted by Crippen LogP contribution is 2.26. The number of hydrogen-bond acceptors (Lipinski definition) is 3. The lowest BCUT2D eigenvalue weighted by atomic mass is 9.97. The minimum absolute atomic E-state index is 0.141. The van der Waals surface area contributed by atoms with Crippen LogP contribution in [0.3, 0.4) is 0 Å². The summed E-state index contributed by atoms with van der Waals surface area (Å²) in [5.74, 6) is -2.84. The Morgan fingerprint density at radius 3 is 2.48 bits per heavy atom. The normalized spacial score (nSPS) is 16.2. The molecule has 2 rings (SSSR count). The summed E-state index contributed by atoms with van der Waals surface area (Å²) in [5.41, 5.74) is -1.27. The number of rotatable bonds is 4. The zero-order valence-electron chi connectivity index (χ0n) is 11.2. The number of carbonyl (C=O) groups excluding carboxylic acids is 1. The number of carboxylic acids is 1. The highest BCUT2D eigenvalue weighted by atomic mass is 19.1. The monoisotopic (exact) mass is 300 g/mol. The summed E-state index contributed by atoms with van der Waals surface area (Å²) >= 11 is 0. The van der Waals surface area contributed by atoms with Crippen LogP contribution >= 0.6 is 0 Å². The van der Waals surface area contributed by atoms with E-state index in [0.717, 1.165) is 12.1 Å². The zero-order valence-corrected chi connectivity index (χ0v) is 11.2. The first-order valence-electron chi connectivity index (χ1n) is 6.16. The van der Waals surface area contributed by atoms with Crippen LogP contribution in [0.2, 0.25) is 0 Å². The van der Waals surface area contributed by atoms with E-state index < -0.39 is 41.5 Å². The van der Waals surface area contributed by atoms with Crippen molar-refractivity contribution in [1.29, 1.82) is 0 Å². The van der Waals surface area contributed by atoms with E-state index in [1.165, 1.54) is 11.0 Å². The first kappa shape index (κ1) is 15.2. The summed E-state index contributed by atoms with van der Waals surface area (Å²) in [6.07, 6.45) is 0. The van der Waals surface area contributed by atoms with Crippen molar-refractivity contribution in [3.05, 3.63) is 29.8 Å². The van der Waals surface area contributed by atoms with Gasteiger partial charge in [-0.3, -0.25) is 0 Å². The number of anilines is 1. The third kappa shape index (κ3) is 3.46. The van der Waals surface area contributed by atoms with E-state index in [9.17, 15) is 18.4 Å². The molecule has 8 heteroatoms. The maximum atomic E-state index is 13.4. The van der Waals surface area contributed by atoms with E-state index in [2.05, 4.69) is 5.32 Å². The van der Waals surface area contributed by atoms with Crippen molar-refractivity contribution in [3.63, 3.8) is 0 Å². The van der Waals surface area contributed by atoms with Crippen LogP contribution in [0.1, 0.15) is 6.92 Å². The van der Waals surface area contributed by atoms with Gasteiger partial charge in [-0.2, -0.15) is 0 Å². The lowest BCUT2D eigenvalue weighted by molar-refractivity contribution is -0.159. The van der Waals surface area contributed by atoms with Crippen molar-refractivity contribution in [2.75, 3.05) is 25.0 Å². The van der Waals surface area contributed by atoms with Gasteiger partial charge in [-0.05, 0) is 19.1 Å². The lowest BCUT2D eigenvalue weighted by Crippen LogP contribution is -2.64. The predicted octanol–water partition coefficient (Wildman–Crippen LogP) is 1.67. The Hall–Kier alpha value is -2.22. The predicted molar refractivity (Wildman–Crippen MR) is 68.9 cm³/mol. The van der Waals surface area contributed by atoms with Crippen LogP contribution in [0.15, 0.2) is 18.2 Å². The number of para-hydroxylation sites is 1. The number of ether oxygens (including phenoxy) is 1. The Morgan fingerprint density at radius 1 is 1.38 bits per heavy atom. The van der Waals surface area contributed by atoms with Gasteiger partial charge in [-0.1, -0.05) is 6.07 Å². The molecule has 21 heavy (non-hydrogen) atoms. The maximum Gasteiger partial charge on any atom is 0.329 e. The SMILES string of the molecule is CC1(OCC(=O)O)CN(C(=O)Nc2c(F)cccc2F)C1. The van der Waals surface area contributed by atoms with Gasteiger partial charge in [0.05, 0.1) is 13.1 Å². The van der Waals surface area contributed by atoms with E-state index in [4.69, 9.17) is 9.84 Å². The maximum absolute atomic E-state index is 13.4. The fourth-order valence-electron chi connectivity index (χ4n) is 2.04. The number of likely N-dealkylation sites (tertiary alicyclic amines) is 1. The number of halogens is 2. The Balaban J connectivity index is 1.91. The second kappa shape index (κ2) is 5.65. The molecule has 6 nitrogen and oxygen atoms in total. The van der Waals surface area contributed by atoms with Gasteiger partial charge in [-0.15, -0.1) is 0 Å². The number of hydrogen-bond donors (Lipinski definition) is 2. The molecule has 1 aromatic rings. The van der Waals surface area contributed by atoms with Crippen molar-refractivity contribution >= 4 is 17.7 Å². The van der Waals surface area contributed by atoms with Crippen LogP contribution < -0.4 is 5.32 Å². The smallest absolute Gasteiger partial charge is 0.329 e. The van der Waals surface area contributed by atoms with Crippen LogP contribution in [-0.4, -0.2) is 47.3 Å². The zero-order chi connectivity index (χ0) is 15.6. The molecule has 2 N–H and O–H groups in total. The summed E-state index contributed by atoms with van der Waals surface area (Å²) < 4.78 is 31.9. The van der Waals surface area contributed by atoms with Crippen LogP contribution in [-0.2, 0) is 9.53 Å². The number of carbonyl (C=O) groups is 2. The molecule has 1 saturated heterocycles. The Bertz CT molecular complexity index is 553. The molecule has 0 aromatic heterocycles. The second-order valence-corrected chi connectivity index (χ2v) is 5.02. The van der Waals surface area contributed by atoms with E-state index in [1.807, 2.05) is 0 Å². The lowest BCUT2D eigenvalue weighted by Gasteiger charge is -2.46. The van der Waals surface area contributed by atoms with Crippen molar-refractivity contribution in [2.24, 2.45) is 0 Å². The van der Waals surface area contributed by atoms with E-state index in [-0.39, 0.29) is 13.1 Å². The molecule has 0 saturated carbocycles. The second-order valence-electron chi connectivity index (χ2n) is 5.02. The molecule has 0 bridgehead atoms. The number of nitrogens with one attached hydrogen (secondary N) is 1. The molecule has 1 aliphatic rings. The van der Waals surface area contributed by atoms with Gasteiger partial charge in [0.1, 0.15) is 29.5 Å². The molecule has 1 heterocycles. The first-order chi connectivity index (χ1) is 9.81. The van der Waals surface area contributed by atoms with E-state index in [0.29, 0.717) is 0 Å². The van der Waals surface area contributed by atoms with Crippen molar-refractivity contribution in [3.8, 4) is 0 Å². The van der Waals surface area contributed by atoms with Gasteiger partial charge < -0.3 is 20.1 Å². The largest absolute Gasteiger partial charge is 0.480 e. The number of urea groups is 1. The Labute approximate surface area is 119 Å². The van der Waals surface area contributed by atoms with Gasteiger partial charge in [0.25, 0.3) is 0 Å². The highest BCUT2D eigenvalue weighted by molar-refractivity contribution is 5.90. The Morgan fingerprint density at radius 2 is 1.95 bits per heavy atom. The quantitative estimate of drug-likeness (QED) is 0.886.